The van der Waals surface area contributed by atoms with Gasteiger partial charge >= 0.3 is 0 Å². The Kier molecular flexibility index (Phi) is 3.20. The van der Waals surface area contributed by atoms with Crippen LogP contribution in [0.4, 0.5) is 17.3 Å². The molecule has 27 heavy (non-hydrogen) atoms. The van der Waals surface area contributed by atoms with E-state index in [0.29, 0.717) is 28.3 Å². The quantitative estimate of drug-likeness (QED) is 0.588. The molecule has 1 aromatic carbocycles. The molecule has 3 amide bonds. The number of hydrogen-bond acceptors (Lipinski definition) is 7. The minimum atomic E-state index is -0.734. The van der Waals surface area contributed by atoms with Gasteiger partial charge in [0.2, 0.25) is 11.8 Å². The highest BCUT2D eigenvalue weighted by molar-refractivity contribution is 6.28. The number of hydrogen-bond donors (Lipinski definition) is 3. The van der Waals surface area contributed by atoms with Crippen molar-refractivity contribution >= 4 is 45.8 Å². The fourth-order valence-corrected chi connectivity index (χ4v) is 3.61. The summed E-state index contributed by atoms with van der Waals surface area (Å²) in [5.41, 5.74) is 1.06. The molecular weight excluding hydrogens is 350 g/mol. The van der Waals surface area contributed by atoms with Gasteiger partial charge in [0.15, 0.2) is 5.82 Å². The van der Waals surface area contributed by atoms with E-state index < -0.39 is 11.9 Å². The summed E-state index contributed by atoms with van der Waals surface area (Å²) in [6.45, 7) is 0. The van der Waals surface area contributed by atoms with Crippen LogP contribution in [0.2, 0.25) is 0 Å². The summed E-state index contributed by atoms with van der Waals surface area (Å²) in [5.74, 6) is -0.0383. The fraction of sp³-hybridized carbons (Fsp3) is 0.176. The molecule has 3 aromatic rings. The molecule has 1 fully saturated rings. The van der Waals surface area contributed by atoms with Crippen LogP contribution in [-0.4, -0.2) is 44.2 Å². The summed E-state index contributed by atoms with van der Waals surface area (Å²) in [6, 6.07) is 4.60. The smallest absolute Gasteiger partial charge is 0.259 e. The lowest BCUT2D eigenvalue weighted by atomic mass is 10.0. The maximum absolute atomic E-state index is 13.0. The summed E-state index contributed by atoms with van der Waals surface area (Å²) in [7, 11) is 0. The Balaban J connectivity index is 1.62. The summed E-state index contributed by atoms with van der Waals surface area (Å²) in [5, 5.41) is 17.0. The average molecular weight is 363 g/mol. The van der Waals surface area contributed by atoms with Gasteiger partial charge in [-0.15, -0.1) is 5.10 Å². The normalized spacial score (nSPS) is 18.9. The third-order valence-electron chi connectivity index (χ3n) is 4.78. The zero-order chi connectivity index (χ0) is 18.5. The van der Waals surface area contributed by atoms with Crippen molar-refractivity contribution in [3.05, 3.63) is 36.2 Å². The molecule has 2 aromatic heterocycles. The van der Waals surface area contributed by atoms with Gasteiger partial charge in [-0.2, -0.15) is 10.3 Å². The van der Waals surface area contributed by atoms with E-state index in [1.165, 1.54) is 11.1 Å². The van der Waals surface area contributed by atoms with E-state index in [2.05, 4.69) is 31.0 Å². The zero-order valence-electron chi connectivity index (χ0n) is 13.9. The molecule has 10 heteroatoms. The molecule has 0 spiro atoms. The average Bonchev–Trinajstić information content (AvgIpc) is 3.26. The van der Waals surface area contributed by atoms with Gasteiger partial charge in [0.05, 0.1) is 23.6 Å². The van der Waals surface area contributed by atoms with Crippen LogP contribution in [0.3, 0.4) is 0 Å². The number of nitrogens with zero attached hydrogens (tertiary/aromatic N) is 4. The number of rotatable bonds is 3. The summed E-state index contributed by atoms with van der Waals surface area (Å²) in [4.78, 5) is 42.6. The summed E-state index contributed by atoms with van der Waals surface area (Å²) in [6.07, 6.45) is 3.55. The predicted molar refractivity (Wildman–Crippen MR) is 94.4 cm³/mol. The van der Waals surface area contributed by atoms with Crippen LogP contribution >= 0.6 is 0 Å². The molecule has 2 aliphatic heterocycles. The SMILES string of the molecule is O=C1CCC(N2C(=O)c3cccc4c(Nc5cn[nH]n5)ncc2c34)C(=O)N1. The Labute approximate surface area is 151 Å². The lowest BCUT2D eigenvalue weighted by Gasteiger charge is -2.30. The van der Waals surface area contributed by atoms with Gasteiger partial charge in [-0.05, 0) is 12.5 Å². The van der Waals surface area contributed by atoms with Crippen LogP contribution in [0.15, 0.2) is 30.6 Å². The third-order valence-corrected chi connectivity index (χ3v) is 4.78. The Morgan fingerprint density at radius 3 is 2.85 bits per heavy atom. The minimum Gasteiger partial charge on any atom is -0.322 e. The number of nitrogens with one attached hydrogen (secondary N) is 3. The van der Waals surface area contributed by atoms with Crippen molar-refractivity contribution in [2.24, 2.45) is 0 Å². The van der Waals surface area contributed by atoms with Gasteiger partial charge in [0, 0.05) is 17.2 Å². The van der Waals surface area contributed by atoms with Gasteiger partial charge in [-0.1, -0.05) is 12.1 Å². The zero-order valence-corrected chi connectivity index (χ0v) is 13.9. The molecule has 3 N–H and O–H groups in total. The molecule has 5 rings (SSSR count). The van der Waals surface area contributed by atoms with Gasteiger partial charge < -0.3 is 5.32 Å². The highest BCUT2D eigenvalue weighted by Crippen LogP contribution is 2.41. The Morgan fingerprint density at radius 1 is 1.19 bits per heavy atom. The number of anilines is 3. The second-order valence-corrected chi connectivity index (χ2v) is 6.34. The molecule has 2 aliphatic rings. The number of amides is 3. The highest BCUT2D eigenvalue weighted by atomic mass is 16.2. The first-order valence-corrected chi connectivity index (χ1v) is 8.35. The first kappa shape index (κ1) is 15.4. The number of carbonyl (C=O) groups is 3. The summed E-state index contributed by atoms with van der Waals surface area (Å²) < 4.78 is 0. The number of aromatic nitrogens is 4. The number of H-pyrrole nitrogens is 1. The number of carbonyl (C=O) groups excluding carboxylic acids is 3. The molecule has 0 saturated carbocycles. The molecule has 1 unspecified atom stereocenters. The number of aromatic amines is 1. The van der Waals surface area contributed by atoms with E-state index in [1.807, 2.05) is 6.07 Å². The minimum absolute atomic E-state index is 0.193. The van der Waals surface area contributed by atoms with E-state index >= 15 is 0 Å². The molecule has 0 radical (unpaired) electrons. The maximum Gasteiger partial charge on any atom is 0.259 e. The molecule has 4 heterocycles. The van der Waals surface area contributed by atoms with E-state index in [-0.39, 0.29) is 24.7 Å². The first-order valence-electron chi connectivity index (χ1n) is 8.35. The molecule has 1 saturated heterocycles. The Morgan fingerprint density at radius 2 is 2.07 bits per heavy atom. The fourth-order valence-electron chi connectivity index (χ4n) is 3.61. The van der Waals surface area contributed by atoms with Crippen LogP contribution in [0.5, 0.6) is 0 Å². The number of piperidine rings is 1. The van der Waals surface area contributed by atoms with E-state index in [4.69, 9.17) is 0 Å². The van der Waals surface area contributed by atoms with Crippen LogP contribution < -0.4 is 15.5 Å². The topological polar surface area (TPSA) is 133 Å². The van der Waals surface area contributed by atoms with E-state index in [9.17, 15) is 14.4 Å². The van der Waals surface area contributed by atoms with Gasteiger partial charge in [-0.25, -0.2) is 4.98 Å². The van der Waals surface area contributed by atoms with Crippen LogP contribution in [-0.2, 0) is 9.59 Å². The molecule has 134 valence electrons. The number of pyridine rings is 1. The maximum atomic E-state index is 13.0. The van der Waals surface area contributed by atoms with Crippen molar-refractivity contribution in [1.82, 2.24) is 25.7 Å². The standard InChI is InChI=1S/C17H13N7O3/c25-13-5-4-10(16(26)21-13)24-11-6-18-15(20-12-7-19-23-22-12)8-2-1-3-9(14(8)11)17(24)27/h1-3,6-7,10H,4-5H2,(H,21,25,26)(H2,18,19,20,22,23). The van der Waals surface area contributed by atoms with Crippen molar-refractivity contribution in [1.29, 1.82) is 0 Å². The van der Waals surface area contributed by atoms with Crippen LogP contribution in [0, 0.1) is 0 Å². The lowest BCUT2D eigenvalue weighted by molar-refractivity contribution is -0.134. The van der Waals surface area contributed by atoms with Gasteiger partial charge in [0.1, 0.15) is 11.9 Å². The van der Waals surface area contributed by atoms with Crippen molar-refractivity contribution < 1.29 is 14.4 Å². The van der Waals surface area contributed by atoms with Crippen LogP contribution in [0.25, 0.3) is 10.8 Å². The second-order valence-electron chi connectivity index (χ2n) is 6.34. The second kappa shape index (κ2) is 5.59. The highest BCUT2D eigenvalue weighted by Gasteiger charge is 2.41. The largest absolute Gasteiger partial charge is 0.322 e. The molecule has 1 atom stereocenters. The van der Waals surface area contributed by atoms with Gasteiger partial charge in [-0.3, -0.25) is 24.6 Å². The van der Waals surface area contributed by atoms with Crippen molar-refractivity contribution in [3.63, 3.8) is 0 Å². The van der Waals surface area contributed by atoms with Crippen molar-refractivity contribution in [2.75, 3.05) is 10.2 Å². The van der Waals surface area contributed by atoms with Crippen LogP contribution in [0.1, 0.15) is 23.2 Å². The van der Waals surface area contributed by atoms with E-state index in [0.717, 1.165) is 5.39 Å². The predicted octanol–water partition coefficient (Wildman–Crippen LogP) is 0.862. The molecule has 10 nitrogen and oxygen atoms in total. The first-order chi connectivity index (χ1) is 13.1. The summed E-state index contributed by atoms with van der Waals surface area (Å²) >= 11 is 0. The molecule has 0 bridgehead atoms. The van der Waals surface area contributed by atoms with E-state index in [1.54, 1.807) is 18.3 Å². The monoisotopic (exact) mass is 363 g/mol. The van der Waals surface area contributed by atoms with Gasteiger partial charge in [0.25, 0.3) is 5.91 Å². The Bertz CT molecular complexity index is 1110. The number of benzene rings is 1. The third kappa shape index (κ3) is 2.26. The molecular formula is C17H13N7O3. The Hall–Kier alpha value is -3.82. The van der Waals surface area contributed by atoms with Crippen molar-refractivity contribution in [2.45, 2.75) is 18.9 Å². The lowest BCUT2D eigenvalue weighted by Crippen LogP contribution is -2.53. The number of imide groups is 1. The molecule has 0 aliphatic carbocycles. The van der Waals surface area contributed by atoms with Crippen molar-refractivity contribution in [3.8, 4) is 0 Å².